The van der Waals surface area contributed by atoms with E-state index in [-0.39, 0.29) is 49.2 Å². The molecule has 0 spiro atoms. The van der Waals surface area contributed by atoms with Gasteiger partial charge >= 0.3 is 12.2 Å². The van der Waals surface area contributed by atoms with Crippen LogP contribution >= 0.6 is 0 Å². The molecule has 0 unspecified atom stereocenters. The first kappa shape index (κ1) is 50.8. The van der Waals surface area contributed by atoms with Crippen molar-refractivity contribution < 1.29 is 38.9 Å². The third-order valence-electron chi connectivity index (χ3n) is 17.2. The maximum Gasteiger partial charge on any atom is 0.407 e. The summed E-state index contributed by atoms with van der Waals surface area (Å²) in [5.74, 6) is 0.557. The number of H-pyrrole nitrogens is 2. The van der Waals surface area contributed by atoms with Gasteiger partial charge in [-0.1, -0.05) is 100 Å². The van der Waals surface area contributed by atoms with Gasteiger partial charge in [-0.05, 0) is 131 Å². The Kier molecular flexibility index (Phi) is 14.3. The molecule has 14 rings (SSSR count). The summed E-state index contributed by atoms with van der Waals surface area (Å²) in [5, 5.41) is 25.7. The molecule has 6 N–H and O–H groups in total. The number of carbonyl (C=O) groups excluding carboxylic acids is 4. The van der Waals surface area contributed by atoms with Crippen molar-refractivity contribution in [2.75, 3.05) is 27.4 Å². The minimum absolute atomic E-state index is 0.0140. The van der Waals surface area contributed by atoms with Gasteiger partial charge in [0, 0.05) is 37.1 Å². The number of hydrogen-bond acceptors (Lipinski definition) is 10. The zero-order valence-corrected chi connectivity index (χ0v) is 43.6. The fourth-order valence-electron chi connectivity index (χ4n) is 13.1. The Morgan fingerprint density at radius 2 is 1.01 bits per heavy atom. The van der Waals surface area contributed by atoms with Crippen LogP contribution in [0.2, 0.25) is 0 Å². The van der Waals surface area contributed by atoms with Crippen LogP contribution in [0.1, 0.15) is 124 Å². The second-order valence-corrected chi connectivity index (χ2v) is 21.8. The van der Waals surface area contributed by atoms with Gasteiger partial charge in [0.1, 0.15) is 23.7 Å². The number of rotatable bonds is 12. The number of aromatic amines is 2. The highest BCUT2D eigenvalue weighted by molar-refractivity contribution is 5.93. The monoisotopic (exact) mass is 1030 g/mol. The zero-order valence-electron chi connectivity index (χ0n) is 43.6. The van der Waals surface area contributed by atoms with Crippen LogP contribution in [0.5, 0.6) is 0 Å². The van der Waals surface area contributed by atoms with Crippen LogP contribution in [0, 0.1) is 23.7 Å². The average Bonchev–Trinajstić information content (AvgIpc) is 4.30. The van der Waals surface area contributed by atoms with E-state index in [2.05, 4.69) is 106 Å². The molecule has 4 aromatic carbocycles. The summed E-state index contributed by atoms with van der Waals surface area (Å²) in [5.41, 5.74) is 11.6. The number of aromatic nitrogens is 4. The summed E-state index contributed by atoms with van der Waals surface area (Å²) < 4.78 is 9.78. The predicted molar refractivity (Wildman–Crippen MR) is 292 cm³/mol. The molecule has 2 saturated carbocycles. The van der Waals surface area contributed by atoms with E-state index in [1.807, 2.05) is 21.9 Å². The summed E-state index contributed by atoms with van der Waals surface area (Å²) in [4.78, 5) is 75.3. The van der Waals surface area contributed by atoms with E-state index in [1.54, 1.807) is 13.8 Å². The first-order valence-corrected chi connectivity index (χ1v) is 27.1. The van der Waals surface area contributed by atoms with Crippen LogP contribution in [-0.4, -0.2) is 116 Å². The Hall–Kier alpha value is -7.30. The lowest BCUT2D eigenvalue weighted by atomic mass is 9.84. The molecule has 396 valence electrons. The molecular formula is C60H68N8O8. The van der Waals surface area contributed by atoms with Crippen LogP contribution in [0.3, 0.4) is 0 Å². The number of methoxy groups -OCH3 is 2. The molecule has 0 radical (unpaired) electrons. The van der Waals surface area contributed by atoms with Gasteiger partial charge in [-0.2, -0.15) is 0 Å². The van der Waals surface area contributed by atoms with Crippen molar-refractivity contribution in [3.63, 3.8) is 0 Å². The maximum absolute atomic E-state index is 14.5. The molecule has 2 aliphatic heterocycles. The predicted octanol–water partition coefficient (Wildman–Crippen LogP) is 9.80. The first-order chi connectivity index (χ1) is 36.9. The number of aliphatic hydroxyl groups is 2. The summed E-state index contributed by atoms with van der Waals surface area (Å²) >= 11 is 0. The Bertz CT molecular complexity index is 3040. The van der Waals surface area contributed by atoms with Gasteiger partial charge < -0.3 is 50.1 Å². The number of fused-ring (bicyclic) bond motifs is 4. The van der Waals surface area contributed by atoms with Crippen molar-refractivity contribution >= 4 is 70.4 Å². The SMILES string of the molecule is COC(=O)N[C@H](C(=O)N1[C@H](c2nc3ccc(-c4cc5ccc4C=Cc4ccc(c(-c6ccc7nc([C@@H]8C[C@@H]9CCCC[C@@H]9N8C(=O)[C@@H](NC(=O)OC)[C@@H](C)CO)[nH]c7c6)c4)/C=C\5)cc3[nH]2)C[C@@H]2CCCC[C@@H]21)[C@@H](C)CO. The Morgan fingerprint density at radius 1 is 0.592 bits per heavy atom. The first-order valence-electron chi connectivity index (χ1n) is 27.1. The van der Waals surface area contributed by atoms with Gasteiger partial charge in [-0.15, -0.1) is 0 Å². The van der Waals surface area contributed by atoms with Crippen LogP contribution in [-0.2, 0) is 19.1 Å². The third kappa shape index (κ3) is 9.65. The van der Waals surface area contributed by atoms with Crippen LogP contribution in [0.25, 0.3) is 68.6 Å². The van der Waals surface area contributed by atoms with Crippen molar-refractivity contribution in [2.45, 2.75) is 114 Å². The van der Waals surface area contributed by atoms with Crippen LogP contribution in [0.15, 0.2) is 72.8 Å². The molecule has 4 fully saturated rings. The number of nitrogens with one attached hydrogen (secondary N) is 4. The van der Waals surface area contributed by atoms with Gasteiger partial charge in [0.25, 0.3) is 0 Å². The summed E-state index contributed by atoms with van der Waals surface area (Å²) in [7, 11) is 2.54. The quantitative estimate of drug-likeness (QED) is 0.0681. The topological polar surface area (TPSA) is 215 Å². The number of likely N-dealkylation sites (tertiary alicyclic amines) is 2. The number of aliphatic hydroxyl groups excluding tert-OH is 2. The smallest absolute Gasteiger partial charge is 0.407 e. The number of carbonyl (C=O) groups is 4. The fraction of sp³-hybridized carbons (Fsp3) is 0.433. The lowest BCUT2D eigenvalue weighted by Gasteiger charge is -2.37. The molecule has 16 nitrogen and oxygen atoms in total. The van der Waals surface area contributed by atoms with Crippen molar-refractivity contribution in [1.82, 2.24) is 40.4 Å². The van der Waals surface area contributed by atoms with Gasteiger partial charge in [0.15, 0.2) is 0 Å². The normalized spacial score (nSPS) is 23.8. The Balaban J connectivity index is 0.873. The van der Waals surface area contributed by atoms with Gasteiger partial charge in [0.05, 0.1) is 48.4 Å². The van der Waals surface area contributed by atoms with Crippen molar-refractivity contribution in [1.29, 1.82) is 0 Å². The molecule has 6 aromatic rings. The molecule has 10 atom stereocenters. The lowest BCUT2D eigenvalue weighted by Crippen LogP contribution is -2.54. The largest absolute Gasteiger partial charge is 0.453 e. The summed E-state index contributed by atoms with van der Waals surface area (Å²) in [6.07, 6.45) is 16.8. The highest BCUT2D eigenvalue weighted by atomic mass is 16.5. The van der Waals surface area contributed by atoms with Gasteiger partial charge in [-0.3, -0.25) is 9.59 Å². The molecule has 2 saturated heterocycles. The van der Waals surface area contributed by atoms with E-state index in [9.17, 15) is 29.4 Å². The molecule has 4 heterocycles. The molecule has 8 aliphatic rings. The second-order valence-electron chi connectivity index (χ2n) is 21.8. The number of hydrogen-bond donors (Lipinski definition) is 6. The lowest BCUT2D eigenvalue weighted by molar-refractivity contribution is -0.139. The van der Waals surface area contributed by atoms with E-state index in [4.69, 9.17) is 19.4 Å². The molecule has 6 aliphatic carbocycles. The molecule has 16 heteroatoms. The number of nitrogens with zero attached hydrogens (tertiary/aromatic N) is 4. The van der Waals surface area contributed by atoms with Crippen molar-refractivity contribution in [3.8, 4) is 22.3 Å². The standard InChI is InChI=1S/C60H68N8O8/c1-33(31-69)53(65-59(73)75-3)57(71)67-49-11-7-5-9-41(49)29-51(67)55-61-45-23-21-39(27-47(45)63-55)43-25-35-13-17-37(43)19-15-36-14-18-38(20-16-35)44(26-36)40-22-24-46-48(28-40)64-56(62-46)52-30-42-10-6-8-12-50(42)68(52)58(72)54(34(2)32-70)66-60(74)76-4/h13-28,33-34,41-42,49-54,69-70H,5-12,29-32H2,1-4H3,(H,61,63)(H,62,64)(H,65,73)(H,66,74)/b19-15-,20-16?,35-16?,36-15?,37-19?,38-20?/t33-,34-,41-,42-,49-,50-,51-,52-,53-,54-/m0/s1. The van der Waals surface area contributed by atoms with Gasteiger partial charge in [-0.25, -0.2) is 19.6 Å². The van der Waals surface area contributed by atoms with E-state index >= 15 is 0 Å². The molecular weight excluding hydrogens is 961 g/mol. The summed E-state index contributed by atoms with van der Waals surface area (Å²) in [6.45, 7) is 2.98. The van der Waals surface area contributed by atoms with Gasteiger partial charge in [0.2, 0.25) is 11.8 Å². The number of ether oxygens (including phenoxy) is 2. The third-order valence-corrected chi connectivity index (χ3v) is 17.2. The van der Waals surface area contributed by atoms with E-state index in [0.717, 1.165) is 131 Å². The molecule has 4 bridgehead atoms. The highest BCUT2D eigenvalue weighted by Crippen LogP contribution is 2.48. The van der Waals surface area contributed by atoms with E-state index in [0.29, 0.717) is 23.5 Å². The Morgan fingerprint density at radius 3 is 1.42 bits per heavy atom. The fourth-order valence-corrected chi connectivity index (χ4v) is 13.1. The minimum atomic E-state index is -0.948. The summed E-state index contributed by atoms with van der Waals surface area (Å²) in [6, 6.07) is 23.0. The average molecular weight is 1030 g/mol. The second kappa shape index (κ2) is 21.4. The molecule has 2 aromatic heterocycles. The van der Waals surface area contributed by atoms with Crippen molar-refractivity contribution in [3.05, 3.63) is 107 Å². The zero-order chi connectivity index (χ0) is 52.8. The van der Waals surface area contributed by atoms with E-state index in [1.165, 1.54) is 14.2 Å². The van der Waals surface area contributed by atoms with Crippen LogP contribution in [0.4, 0.5) is 9.59 Å². The molecule has 4 amide bonds. The highest BCUT2D eigenvalue weighted by Gasteiger charge is 2.50. The number of amides is 4. The van der Waals surface area contributed by atoms with Crippen molar-refractivity contribution in [2.24, 2.45) is 23.7 Å². The number of alkyl carbamates (subject to hydrolysis) is 2. The van der Waals surface area contributed by atoms with Crippen LogP contribution < -0.4 is 10.6 Å². The minimum Gasteiger partial charge on any atom is -0.453 e. The Labute approximate surface area is 442 Å². The number of imidazole rings is 2. The maximum atomic E-state index is 14.5. The number of benzene rings is 4. The van der Waals surface area contributed by atoms with E-state index < -0.39 is 36.1 Å². The molecule has 76 heavy (non-hydrogen) atoms.